The summed E-state index contributed by atoms with van der Waals surface area (Å²) in [5.74, 6) is 0.558. The van der Waals surface area contributed by atoms with Crippen LogP contribution in [0.2, 0.25) is 0 Å². The molecule has 16 heavy (non-hydrogen) atoms. The van der Waals surface area contributed by atoms with Crippen molar-refractivity contribution in [3.63, 3.8) is 0 Å². The fraction of sp³-hybridized carbons (Fsp3) is 0.636. The standard InChI is InChI=1S/C11H19N3O2/c1-6(2)9(12)5-10(15)13-11-7(3)8(4)14-16-11/h6,9H,5,12H2,1-4H3,(H,13,15). The van der Waals surface area contributed by atoms with Crippen LogP contribution < -0.4 is 11.1 Å². The number of nitrogens with zero attached hydrogens (tertiary/aromatic N) is 1. The van der Waals surface area contributed by atoms with Crippen LogP contribution in [0, 0.1) is 19.8 Å². The van der Waals surface area contributed by atoms with Gasteiger partial charge in [-0.3, -0.25) is 10.1 Å². The monoisotopic (exact) mass is 225 g/mol. The molecule has 0 aliphatic heterocycles. The Balaban J connectivity index is 2.55. The Hall–Kier alpha value is -1.36. The molecule has 0 aliphatic carbocycles. The molecule has 5 nitrogen and oxygen atoms in total. The van der Waals surface area contributed by atoms with Crippen LogP contribution in [0.5, 0.6) is 0 Å². The molecule has 3 N–H and O–H groups in total. The number of hydrogen-bond donors (Lipinski definition) is 2. The third-order valence-corrected chi connectivity index (χ3v) is 2.69. The van der Waals surface area contributed by atoms with Gasteiger partial charge in [-0.1, -0.05) is 19.0 Å². The molecule has 1 aromatic heterocycles. The van der Waals surface area contributed by atoms with E-state index in [0.29, 0.717) is 5.88 Å². The van der Waals surface area contributed by atoms with Gasteiger partial charge in [0.1, 0.15) is 0 Å². The van der Waals surface area contributed by atoms with Crippen LogP contribution in [0.4, 0.5) is 5.88 Å². The van der Waals surface area contributed by atoms with Crippen LogP contribution >= 0.6 is 0 Å². The summed E-state index contributed by atoms with van der Waals surface area (Å²) in [4.78, 5) is 11.6. The van der Waals surface area contributed by atoms with E-state index in [1.807, 2.05) is 27.7 Å². The first-order valence-electron chi connectivity index (χ1n) is 5.40. The maximum atomic E-state index is 11.6. The minimum atomic E-state index is -0.138. The molecule has 1 atom stereocenters. The predicted molar refractivity (Wildman–Crippen MR) is 62.0 cm³/mol. The molecule has 0 aromatic carbocycles. The molecular weight excluding hydrogens is 206 g/mol. The molecule has 0 saturated heterocycles. The quantitative estimate of drug-likeness (QED) is 0.815. The van der Waals surface area contributed by atoms with E-state index in [9.17, 15) is 4.79 Å². The van der Waals surface area contributed by atoms with Crippen LogP contribution in [-0.4, -0.2) is 17.1 Å². The number of hydrogen-bond acceptors (Lipinski definition) is 4. The smallest absolute Gasteiger partial charge is 0.234 e. The molecule has 1 heterocycles. The van der Waals surface area contributed by atoms with Gasteiger partial charge in [0.2, 0.25) is 11.8 Å². The number of nitrogens with two attached hydrogens (primary N) is 1. The van der Waals surface area contributed by atoms with Crippen molar-refractivity contribution < 1.29 is 9.32 Å². The van der Waals surface area contributed by atoms with Gasteiger partial charge in [0.05, 0.1) is 5.69 Å². The lowest BCUT2D eigenvalue weighted by Crippen LogP contribution is -2.31. The molecule has 0 radical (unpaired) electrons. The second-order valence-corrected chi connectivity index (χ2v) is 4.38. The Labute approximate surface area is 95.4 Å². The molecule has 0 bridgehead atoms. The number of carbonyl (C=O) groups excluding carboxylic acids is 1. The number of amides is 1. The van der Waals surface area contributed by atoms with Crippen molar-refractivity contribution in [2.24, 2.45) is 11.7 Å². The minimum absolute atomic E-state index is 0.135. The summed E-state index contributed by atoms with van der Waals surface area (Å²) in [6, 6.07) is -0.135. The van der Waals surface area contributed by atoms with E-state index in [2.05, 4.69) is 10.5 Å². The van der Waals surface area contributed by atoms with E-state index in [4.69, 9.17) is 10.3 Å². The largest absolute Gasteiger partial charge is 0.338 e. The van der Waals surface area contributed by atoms with Crippen molar-refractivity contribution in [1.29, 1.82) is 0 Å². The first-order valence-corrected chi connectivity index (χ1v) is 5.40. The fourth-order valence-corrected chi connectivity index (χ4v) is 1.16. The van der Waals surface area contributed by atoms with Gasteiger partial charge < -0.3 is 10.3 Å². The van der Waals surface area contributed by atoms with E-state index in [-0.39, 0.29) is 24.3 Å². The number of rotatable bonds is 4. The number of aryl methyl sites for hydroxylation is 1. The average Bonchev–Trinajstić information content (AvgIpc) is 2.49. The summed E-state index contributed by atoms with van der Waals surface area (Å²) < 4.78 is 4.99. The molecule has 0 saturated carbocycles. The lowest BCUT2D eigenvalue weighted by Gasteiger charge is -2.14. The molecule has 0 spiro atoms. The summed E-state index contributed by atoms with van der Waals surface area (Å²) in [5, 5.41) is 6.43. The Bertz CT molecular complexity index is 371. The zero-order valence-electron chi connectivity index (χ0n) is 10.2. The summed E-state index contributed by atoms with van der Waals surface area (Å²) in [6.07, 6.45) is 0.289. The van der Waals surface area contributed by atoms with Gasteiger partial charge in [0, 0.05) is 18.0 Å². The first-order chi connectivity index (χ1) is 7.41. The molecule has 5 heteroatoms. The molecule has 1 aromatic rings. The van der Waals surface area contributed by atoms with Crippen molar-refractivity contribution in [2.75, 3.05) is 5.32 Å². The topological polar surface area (TPSA) is 81.2 Å². The third-order valence-electron chi connectivity index (χ3n) is 2.69. The summed E-state index contributed by atoms with van der Waals surface area (Å²) in [7, 11) is 0. The van der Waals surface area contributed by atoms with Gasteiger partial charge in [-0.15, -0.1) is 0 Å². The Morgan fingerprint density at radius 2 is 2.12 bits per heavy atom. The third kappa shape index (κ3) is 3.06. The van der Waals surface area contributed by atoms with E-state index in [1.54, 1.807) is 0 Å². The molecule has 1 rings (SSSR count). The predicted octanol–water partition coefficient (Wildman–Crippen LogP) is 1.60. The highest BCUT2D eigenvalue weighted by Crippen LogP contribution is 2.17. The van der Waals surface area contributed by atoms with Crippen molar-refractivity contribution in [3.8, 4) is 0 Å². The Kier molecular flexibility index (Phi) is 4.06. The van der Waals surface area contributed by atoms with Crippen LogP contribution in [0.1, 0.15) is 31.5 Å². The van der Waals surface area contributed by atoms with Gasteiger partial charge in [-0.2, -0.15) is 0 Å². The van der Waals surface area contributed by atoms with Gasteiger partial charge in [-0.05, 0) is 19.8 Å². The lowest BCUT2D eigenvalue weighted by molar-refractivity contribution is -0.116. The lowest BCUT2D eigenvalue weighted by atomic mass is 10.0. The highest BCUT2D eigenvalue weighted by molar-refractivity contribution is 5.90. The van der Waals surface area contributed by atoms with Crippen LogP contribution in [-0.2, 0) is 4.79 Å². The summed E-state index contributed by atoms with van der Waals surface area (Å²) in [6.45, 7) is 7.65. The summed E-state index contributed by atoms with van der Waals surface area (Å²) in [5.41, 5.74) is 7.44. The molecule has 1 amide bonds. The van der Waals surface area contributed by atoms with Gasteiger partial charge in [0.25, 0.3) is 0 Å². The maximum Gasteiger partial charge on any atom is 0.234 e. The second-order valence-electron chi connectivity index (χ2n) is 4.38. The SMILES string of the molecule is Cc1noc(NC(=O)CC(N)C(C)C)c1C. The van der Waals surface area contributed by atoms with E-state index in [0.717, 1.165) is 11.3 Å². The molecular formula is C11H19N3O2. The van der Waals surface area contributed by atoms with Crippen molar-refractivity contribution in [2.45, 2.75) is 40.2 Å². The van der Waals surface area contributed by atoms with E-state index in [1.165, 1.54) is 0 Å². The number of nitrogens with one attached hydrogen (secondary N) is 1. The zero-order valence-corrected chi connectivity index (χ0v) is 10.2. The Morgan fingerprint density at radius 3 is 2.56 bits per heavy atom. The van der Waals surface area contributed by atoms with E-state index < -0.39 is 0 Å². The zero-order chi connectivity index (χ0) is 12.3. The van der Waals surface area contributed by atoms with E-state index >= 15 is 0 Å². The van der Waals surface area contributed by atoms with Gasteiger partial charge in [0.15, 0.2) is 0 Å². The normalized spacial score (nSPS) is 12.9. The van der Waals surface area contributed by atoms with Crippen LogP contribution in [0.3, 0.4) is 0 Å². The number of carbonyl (C=O) groups is 1. The maximum absolute atomic E-state index is 11.6. The van der Waals surface area contributed by atoms with Crippen molar-refractivity contribution in [3.05, 3.63) is 11.3 Å². The average molecular weight is 225 g/mol. The second kappa shape index (κ2) is 5.12. The molecule has 0 fully saturated rings. The number of aromatic nitrogens is 1. The minimum Gasteiger partial charge on any atom is -0.338 e. The van der Waals surface area contributed by atoms with Crippen molar-refractivity contribution in [1.82, 2.24) is 5.16 Å². The molecule has 1 unspecified atom stereocenters. The van der Waals surface area contributed by atoms with Gasteiger partial charge in [-0.25, -0.2) is 0 Å². The summed E-state index contributed by atoms with van der Waals surface area (Å²) >= 11 is 0. The van der Waals surface area contributed by atoms with Crippen LogP contribution in [0.15, 0.2) is 4.52 Å². The molecule has 0 aliphatic rings. The first kappa shape index (κ1) is 12.7. The van der Waals surface area contributed by atoms with Crippen molar-refractivity contribution >= 4 is 11.8 Å². The Morgan fingerprint density at radius 1 is 1.50 bits per heavy atom. The number of anilines is 1. The highest BCUT2D eigenvalue weighted by atomic mass is 16.5. The van der Waals surface area contributed by atoms with Crippen LogP contribution in [0.25, 0.3) is 0 Å². The molecule has 90 valence electrons. The fourth-order valence-electron chi connectivity index (χ4n) is 1.16. The highest BCUT2D eigenvalue weighted by Gasteiger charge is 2.16. The van der Waals surface area contributed by atoms with Gasteiger partial charge >= 0.3 is 0 Å².